The van der Waals surface area contributed by atoms with Crippen LogP contribution in [0.4, 0.5) is 5.69 Å². The third kappa shape index (κ3) is 3.30. The summed E-state index contributed by atoms with van der Waals surface area (Å²) >= 11 is 0. The Balaban J connectivity index is 1.70. The zero-order chi connectivity index (χ0) is 20.7. The summed E-state index contributed by atoms with van der Waals surface area (Å²) < 4.78 is 1.69. The van der Waals surface area contributed by atoms with Crippen molar-refractivity contribution >= 4 is 23.5 Å². The minimum absolute atomic E-state index is 0.0631. The number of amides is 1. The normalized spacial score (nSPS) is 20.9. The fraction of sp³-hybridized carbons (Fsp3) is 0.333. The number of fused-ring (bicyclic) bond motifs is 2. The van der Waals surface area contributed by atoms with Crippen LogP contribution in [0.5, 0.6) is 0 Å². The molecule has 0 bridgehead atoms. The molecule has 1 aromatic carbocycles. The monoisotopic (exact) mass is 395 g/mol. The first-order chi connectivity index (χ1) is 13.9. The molecule has 0 saturated carbocycles. The number of hydrogen-bond acceptors (Lipinski definition) is 4. The summed E-state index contributed by atoms with van der Waals surface area (Å²) in [7, 11) is 0. The van der Waals surface area contributed by atoms with E-state index in [9.17, 15) is 19.5 Å². The average Bonchev–Trinajstić information content (AvgIpc) is 3.28. The molecule has 0 aliphatic carbocycles. The Morgan fingerprint density at radius 1 is 1.21 bits per heavy atom. The third-order valence-electron chi connectivity index (χ3n) is 5.78. The van der Waals surface area contributed by atoms with E-state index in [0.29, 0.717) is 19.0 Å². The minimum atomic E-state index is -1.33. The summed E-state index contributed by atoms with van der Waals surface area (Å²) in [4.78, 5) is 42.4. The van der Waals surface area contributed by atoms with Crippen LogP contribution in [0.2, 0.25) is 0 Å². The Kier molecular flexibility index (Phi) is 4.70. The Hall–Kier alpha value is -3.42. The van der Waals surface area contributed by atoms with Crippen molar-refractivity contribution in [2.75, 3.05) is 11.4 Å². The van der Waals surface area contributed by atoms with Crippen LogP contribution in [0.3, 0.4) is 0 Å². The molecule has 4 rings (SSSR count). The van der Waals surface area contributed by atoms with Gasteiger partial charge in [-0.3, -0.25) is 4.79 Å². The highest BCUT2D eigenvalue weighted by molar-refractivity contribution is 5.98. The molecule has 2 N–H and O–H groups in total. The molecule has 0 fully saturated rings. The van der Waals surface area contributed by atoms with E-state index in [4.69, 9.17) is 5.11 Å². The van der Waals surface area contributed by atoms with E-state index in [1.807, 2.05) is 31.2 Å². The maximum Gasteiger partial charge on any atom is 0.333 e. The standard InChI is InChI=1S/C21H21N3O5/c1-12-17-8-14(20(27)23-7-6-13-4-2-3-5-16(13)23)9-18(24(17)11-22-12)15(21(28)29)10-19(25)26/h2-5,10-11,14,18H,6-9H2,1H3,(H,25,26)(H,28,29)/b15-10-. The molecule has 8 heteroatoms. The van der Waals surface area contributed by atoms with E-state index in [-0.39, 0.29) is 17.9 Å². The van der Waals surface area contributed by atoms with Crippen molar-refractivity contribution in [3.8, 4) is 0 Å². The van der Waals surface area contributed by atoms with Gasteiger partial charge in [0.25, 0.3) is 0 Å². The minimum Gasteiger partial charge on any atom is -0.478 e. The van der Waals surface area contributed by atoms with Gasteiger partial charge in [0, 0.05) is 36.3 Å². The molecule has 150 valence electrons. The summed E-state index contributed by atoms with van der Waals surface area (Å²) in [5, 5.41) is 18.7. The second-order valence-corrected chi connectivity index (χ2v) is 7.45. The van der Waals surface area contributed by atoms with Gasteiger partial charge in [-0.1, -0.05) is 18.2 Å². The van der Waals surface area contributed by atoms with Crippen molar-refractivity contribution in [3.63, 3.8) is 0 Å². The van der Waals surface area contributed by atoms with Crippen LogP contribution in [-0.4, -0.2) is 44.2 Å². The van der Waals surface area contributed by atoms with E-state index >= 15 is 0 Å². The van der Waals surface area contributed by atoms with E-state index in [0.717, 1.165) is 29.1 Å². The molecule has 2 unspecified atom stereocenters. The Bertz CT molecular complexity index is 1040. The van der Waals surface area contributed by atoms with E-state index in [2.05, 4.69) is 4.98 Å². The van der Waals surface area contributed by atoms with Crippen molar-refractivity contribution in [2.24, 2.45) is 5.92 Å². The summed E-state index contributed by atoms with van der Waals surface area (Å²) in [5.41, 5.74) is 3.24. The number of carbonyl (C=O) groups excluding carboxylic acids is 1. The molecule has 0 spiro atoms. The molecular weight excluding hydrogens is 374 g/mol. The van der Waals surface area contributed by atoms with Crippen molar-refractivity contribution in [3.05, 3.63) is 59.2 Å². The molecule has 2 aliphatic rings. The number of aliphatic carboxylic acids is 2. The van der Waals surface area contributed by atoms with Crippen molar-refractivity contribution < 1.29 is 24.6 Å². The zero-order valence-electron chi connectivity index (χ0n) is 15.9. The van der Waals surface area contributed by atoms with Gasteiger partial charge in [-0.25, -0.2) is 14.6 Å². The second kappa shape index (κ2) is 7.20. The van der Waals surface area contributed by atoms with Crippen LogP contribution in [0, 0.1) is 12.8 Å². The van der Waals surface area contributed by atoms with Gasteiger partial charge in [0.15, 0.2) is 0 Å². The quantitative estimate of drug-likeness (QED) is 0.766. The van der Waals surface area contributed by atoms with Crippen LogP contribution in [-0.2, 0) is 27.2 Å². The van der Waals surface area contributed by atoms with E-state index in [1.165, 1.54) is 6.33 Å². The maximum atomic E-state index is 13.4. The number of carbonyl (C=O) groups is 3. The fourth-order valence-corrected chi connectivity index (χ4v) is 4.39. The number of rotatable bonds is 4. The van der Waals surface area contributed by atoms with Crippen LogP contribution >= 0.6 is 0 Å². The highest BCUT2D eigenvalue weighted by atomic mass is 16.4. The molecule has 8 nitrogen and oxygen atoms in total. The van der Waals surface area contributed by atoms with Crippen molar-refractivity contribution in [2.45, 2.75) is 32.2 Å². The maximum absolute atomic E-state index is 13.4. The van der Waals surface area contributed by atoms with Gasteiger partial charge in [0.05, 0.1) is 23.6 Å². The summed E-state index contributed by atoms with van der Waals surface area (Å²) in [6.45, 7) is 2.40. The number of para-hydroxylation sites is 1. The SMILES string of the molecule is Cc1ncn2c1CC(C(=O)N1CCc3ccccc31)CC2/C(=C/C(=O)O)C(=O)O. The molecular formula is C21H21N3O5. The first kappa shape index (κ1) is 18.9. The molecule has 0 radical (unpaired) electrons. The molecule has 2 aromatic rings. The molecule has 2 atom stereocenters. The number of aromatic nitrogens is 2. The van der Waals surface area contributed by atoms with Crippen LogP contribution < -0.4 is 4.90 Å². The van der Waals surface area contributed by atoms with Gasteiger partial charge in [0.2, 0.25) is 5.91 Å². The number of carboxylic acids is 2. The van der Waals surface area contributed by atoms with Gasteiger partial charge in [0.1, 0.15) is 0 Å². The number of carboxylic acid groups (broad SMARTS) is 2. The molecule has 0 saturated heterocycles. The lowest BCUT2D eigenvalue weighted by Gasteiger charge is -2.33. The second-order valence-electron chi connectivity index (χ2n) is 7.45. The highest BCUT2D eigenvalue weighted by Gasteiger charge is 2.39. The first-order valence-corrected chi connectivity index (χ1v) is 9.46. The Labute approximate surface area is 167 Å². The largest absolute Gasteiger partial charge is 0.478 e. The molecule has 29 heavy (non-hydrogen) atoms. The van der Waals surface area contributed by atoms with Crippen LogP contribution in [0.15, 0.2) is 42.2 Å². The lowest BCUT2D eigenvalue weighted by Crippen LogP contribution is -2.40. The van der Waals surface area contributed by atoms with Gasteiger partial charge < -0.3 is 19.7 Å². The lowest BCUT2D eigenvalue weighted by atomic mass is 9.85. The molecule has 1 amide bonds. The Morgan fingerprint density at radius 3 is 2.69 bits per heavy atom. The lowest BCUT2D eigenvalue weighted by molar-refractivity contribution is -0.135. The predicted octanol–water partition coefficient (Wildman–Crippen LogP) is 1.98. The van der Waals surface area contributed by atoms with Gasteiger partial charge in [-0.05, 0) is 31.4 Å². The summed E-state index contributed by atoms with van der Waals surface area (Å²) in [6.07, 6.45) is 3.68. The van der Waals surface area contributed by atoms with Crippen molar-refractivity contribution in [1.82, 2.24) is 9.55 Å². The molecule has 1 aromatic heterocycles. The van der Waals surface area contributed by atoms with Gasteiger partial charge in [-0.15, -0.1) is 0 Å². The first-order valence-electron chi connectivity index (χ1n) is 9.46. The van der Waals surface area contributed by atoms with E-state index in [1.54, 1.807) is 9.47 Å². The number of aryl methyl sites for hydroxylation is 1. The summed E-state index contributed by atoms with van der Waals surface area (Å²) in [5.74, 6) is -3.16. The number of imidazole rings is 1. The topological polar surface area (TPSA) is 113 Å². The third-order valence-corrected chi connectivity index (χ3v) is 5.78. The Morgan fingerprint density at radius 2 is 1.97 bits per heavy atom. The van der Waals surface area contributed by atoms with Gasteiger partial charge >= 0.3 is 11.9 Å². The number of benzene rings is 1. The van der Waals surface area contributed by atoms with Crippen LogP contribution in [0.25, 0.3) is 0 Å². The van der Waals surface area contributed by atoms with Crippen LogP contribution in [0.1, 0.15) is 29.4 Å². The smallest absolute Gasteiger partial charge is 0.333 e. The van der Waals surface area contributed by atoms with Crippen molar-refractivity contribution in [1.29, 1.82) is 0 Å². The fourth-order valence-electron chi connectivity index (χ4n) is 4.39. The number of anilines is 1. The average molecular weight is 395 g/mol. The summed E-state index contributed by atoms with van der Waals surface area (Å²) in [6, 6.07) is 7.00. The zero-order valence-corrected chi connectivity index (χ0v) is 15.9. The molecule has 2 aliphatic heterocycles. The predicted molar refractivity (Wildman–Crippen MR) is 104 cm³/mol. The number of hydrogen-bond donors (Lipinski definition) is 2. The molecule has 3 heterocycles. The van der Waals surface area contributed by atoms with Gasteiger partial charge in [-0.2, -0.15) is 0 Å². The number of nitrogens with zero attached hydrogens (tertiary/aromatic N) is 3. The van der Waals surface area contributed by atoms with E-state index < -0.39 is 23.9 Å². The highest BCUT2D eigenvalue weighted by Crippen LogP contribution is 2.38.